The highest BCUT2D eigenvalue weighted by molar-refractivity contribution is 7.98. The van der Waals surface area contributed by atoms with Gasteiger partial charge in [0.25, 0.3) is 0 Å². The zero-order chi connectivity index (χ0) is 16.9. The summed E-state index contributed by atoms with van der Waals surface area (Å²) in [6, 6.07) is -0.373. The first kappa shape index (κ1) is 18.3. The quantitative estimate of drug-likeness (QED) is 0.745. The summed E-state index contributed by atoms with van der Waals surface area (Å²) in [5.41, 5.74) is 6.19. The second-order valence-corrected chi connectivity index (χ2v) is 7.76. The van der Waals surface area contributed by atoms with Crippen molar-refractivity contribution < 1.29 is 9.59 Å². The molecule has 0 bridgehead atoms. The first-order valence-corrected chi connectivity index (χ1v) is 9.83. The van der Waals surface area contributed by atoms with Crippen LogP contribution in [0.4, 0.5) is 0 Å². The van der Waals surface area contributed by atoms with Gasteiger partial charge in [0, 0.05) is 32.6 Å². The molecule has 2 saturated heterocycles. The number of amides is 2. The molecule has 2 aliphatic heterocycles. The highest BCUT2D eigenvalue weighted by Gasteiger charge is 2.41. The highest BCUT2D eigenvalue weighted by atomic mass is 32.2. The number of hydrogen-bond donors (Lipinski definition) is 1. The molecular formula is C17H29N3O2S. The van der Waals surface area contributed by atoms with Gasteiger partial charge in [-0.1, -0.05) is 6.08 Å². The van der Waals surface area contributed by atoms with Gasteiger partial charge in [-0.3, -0.25) is 9.59 Å². The Kier molecular flexibility index (Phi) is 6.53. The van der Waals surface area contributed by atoms with Crippen molar-refractivity contribution in [3.8, 4) is 0 Å². The summed E-state index contributed by atoms with van der Waals surface area (Å²) in [6.45, 7) is 6.70. The van der Waals surface area contributed by atoms with E-state index in [4.69, 9.17) is 5.73 Å². The third kappa shape index (κ3) is 4.51. The van der Waals surface area contributed by atoms with Gasteiger partial charge in [0.15, 0.2) is 0 Å². The SMILES string of the molecule is C=CCN1CC2(CCC1=O)CCN(C(=O)[C@@H](N)CCSC)CC2. The van der Waals surface area contributed by atoms with Crippen LogP contribution in [0.2, 0.25) is 0 Å². The molecule has 2 heterocycles. The van der Waals surface area contributed by atoms with Gasteiger partial charge in [0.2, 0.25) is 11.8 Å². The van der Waals surface area contributed by atoms with Crippen LogP contribution in [0, 0.1) is 5.41 Å². The minimum Gasteiger partial charge on any atom is -0.341 e. The molecular weight excluding hydrogens is 310 g/mol. The van der Waals surface area contributed by atoms with Gasteiger partial charge in [-0.25, -0.2) is 0 Å². The van der Waals surface area contributed by atoms with Crippen LogP contribution < -0.4 is 5.73 Å². The van der Waals surface area contributed by atoms with E-state index in [0.29, 0.717) is 13.0 Å². The van der Waals surface area contributed by atoms with Gasteiger partial charge in [-0.2, -0.15) is 11.8 Å². The van der Waals surface area contributed by atoms with E-state index >= 15 is 0 Å². The topological polar surface area (TPSA) is 66.6 Å². The number of nitrogens with zero attached hydrogens (tertiary/aromatic N) is 2. The van der Waals surface area contributed by atoms with E-state index in [9.17, 15) is 9.59 Å². The number of nitrogens with two attached hydrogens (primary N) is 1. The van der Waals surface area contributed by atoms with Crippen molar-refractivity contribution in [2.24, 2.45) is 11.1 Å². The molecule has 0 aromatic carbocycles. The zero-order valence-electron chi connectivity index (χ0n) is 14.1. The van der Waals surface area contributed by atoms with E-state index in [1.165, 1.54) is 0 Å². The van der Waals surface area contributed by atoms with E-state index in [1.807, 2.05) is 16.1 Å². The normalized spacial score (nSPS) is 22.3. The summed E-state index contributed by atoms with van der Waals surface area (Å²) in [7, 11) is 0. The second kappa shape index (κ2) is 8.20. The molecule has 0 aliphatic carbocycles. The fourth-order valence-corrected chi connectivity index (χ4v) is 4.13. The molecule has 0 saturated carbocycles. The lowest BCUT2D eigenvalue weighted by molar-refractivity contribution is -0.142. The third-order valence-corrected chi connectivity index (χ3v) is 5.83. The van der Waals surface area contributed by atoms with Crippen molar-refractivity contribution in [2.45, 2.75) is 38.1 Å². The summed E-state index contributed by atoms with van der Waals surface area (Å²) < 4.78 is 0. The summed E-state index contributed by atoms with van der Waals surface area (Å²) in [6.07, 6.45) is 8.06. The average molecular weight is 340 g/mol. The Hall–Kier alpha value is -1.01. The van der Waals surface area contributed by atoms with Gasteiger partial charge < -0.3 is 15.5 Å². The molecule has 0 aromatic heterocycles. The largest absolute Gasteiger partial charge is 0.341 e. The van der Waals surface area contributed by atoms with E-state index < -0.39 is 0 Å². The first-order chi connectivity index (χ1) is 11.0. The molecule has 6 heteroatoms. The van der Waals surface area contributed by atoms with Gasteiger partial charge in [0.05, 0.1) is 6.04 Å². The van der Waals surface area contributed by atoms with Gasteiger partial charge in [-0.05, 0) is 43.1 Å². The predicted octanol–water partition coefficient (Wildman–Crippen LogP) is 1.48. The Labute approximate surface area is 143 Å². The van der Waals surface area contributed by atoms with Crippen molar-refractivity contribution in [2.75, 3.05) is 38.2 Å². The molecule has 2 fully saturated rings. The van der Waals surface area contributed by atoms with Crippen molar-refractivity contribution in [1.82, 2.24) is 9.80 Å². The Balaban J connectivity index is 1.88. The Morgan fingerprint density at radius 3 is 2.74 bits per heavy atom. The maximum atomic E-state index is 12.4. The molecule has 0 unspecified atom stereocenters. The fraction of sp³-hybridized carbons (Fsp3) is 0.765. The number of likely N-dealkylation sites (tertiary alicyclic amines) is 2. The monoisotopic (exact) mass is 339 g/mol. The number of thioether (sulfide) groups is 1. The molecule has 5 nitrogen and oxygen atoms in total. The molecule has 1 atom stereocenters. The lowest BCUT2D eigenvalue weighted by atomic mass is 9.72. The molecule has 2 N–H and O–H groups in total. The van der Waals surface area contributed by atoms with Crippen LogP contribution in [0.1, 0.15) is 32.1 Å². The third-order valence-electron chi connectivity index (χ3n) is 5.18. The summed E-state index contributed by atoms with van der Waals surface area (Å²) in [4.78, 5) is 28.2. The molecule has 130 valence electrons. The fourth-order valence-electron chi connectivity index (χ4n) is 3.64. The molecule has 2 aliphatic rings. The average Bonchev–Trinajstić information content (AvgIpc) is 2.56. The van der Waals surface area contributed by atoms with Crippen LogP contribution in [-0.2, 0) is 9.59 Å². The first-order valence-electron chi connectivity index (χ1n) is 8.43. The van der Waals surface area contributed by atoms with Crippen molar-refractivity contribution in [3.63, 3.8) is 0 Å². The van der Waals surface area contributed by atoms with Crippen LogP contribution in [0.25, 0.3) is 0 Å². The number of carbonyl (C=O) groups excluding carboxylic acids is 2. The van der Waals surface area contributed by atoms with E-state index in [1.54, 1.807) is 17.8 Å². The molecule has 0 aromatic rings. The molecule has 1 spiro atoms. The van der Waals surface area contributed by atoms with Gasteiger partial charge in [0.1, 0.15) is 0 Å². The number of rotatable bonds is 6. The van der Waals surface area contributed by atoms with E-state index in [-0.39, 0.29) is 23.3 Å². The van der Waals surface area contributed by atoms with Gasteiger partial charge in [-0.15, -0.1) is 6.58 Å². The number of hydrogen-bond acceptors (Lipinski definition) is 4. The Morgan fingerprint density at radius 2 is 2.13 bits per heavy atom. The molecule has 0 radical (unpaired) electrons. The van der Waals surface area contributed by atoms with Crippen molar-refractivity contribution in [1.29, 1.82) is 0 Å². The van der Waals surface area contributed by atoms with Crippen LogP contribution in [0.3, 0.4) is 0 Å². The minimum absolute atomic E-state index is 0.0868. The number of piperidine rings is 2. The zero-order valence-corrected chi connectivity index (χ0v) is 14.9. The summed E-state index contributed by atoms with van der Waals surface area (Å²) >= 11 is 1.72. The van der Waals surface area contributed by atoms with E-state index in [0.717, 1.165) is 51.1 Å². The lowest BCUT2D eigenvalue weighted by Gasteiger charge is -2.47. The number of carbonyl (C=O) groups is 2. The Morgan fingerprint density at radius 1 is 1.43 bits per heavy atom. The predicted molar refractivity (Wildman–Crippen MR) is 95.2 cm³/mol. The smallest absolute Gasteiger partial charge is 0.239 e. The second-order valence-electron chi connectivity index (χ2n) is 6.78. The van der Waals surface area contributed by atoms with Crippen molar-refractivity contribution in [3.05, 3.63) is 12.7 Å². The molecule has 23 heavy (non-hydrogen) atoms. The van der Waals surface area contributed by atoms with Gasteiger partial charge >= 0.3 is 0 Å². The van der Waals surface area contributed by atoms with Crippen LogP contribution >= 0.6 is 11.8 Å². The minimum atomic E-state index is -0.373. The van der Waals surface area contributed by atoms with E-state index in [2.05, 4.69) is 6.58 Å². The molecule has 2 rings (SSSR count). The van der Waals surface area contributed by atoms with Crippen LogP contribution in [0.15, 0.2) is 12.7 Å². The van der Waals surface area contributed by atoms with Crippen LogP contribution in [-0.4, -0.2) is 65.8 Å². The van der Waals surface area contributed by atoms with Crippen molar-refractivity contribution >= 4 is 23.6 Å². The van der Waals surface area contributed by atoms with Crippen LogP contribution in [0.5, 0.6) is 0 Å². The maximum Gasteiger partial charge on any atom is 0.239 e. The Bertz CT molecular complexity index is 447. The molecule has 2 amide bonds. The standard InChI is InChI=1S/C17H29N3O2S/c1-3-9-20-13-17(6-4-15(20)21)7-10-19(11-8-17)16(22)14(18)5-12-23-2/h3,14H,1,4-13,18H2,2H3/t14-/m0/s1. The summed E-state index contributed by atoms with van der Waals surface area (Å²) in [5.74, 6) is 1.24. The summed E-state index contributed by atoms with van der Waals surface area (Å²) in [5, 5.41) is 0. The highest BCUT2D eigenvalue weighted by Crippen LogP contribution is 2.40. The lowest BCUT2D eigenvalue weighted by Crippen LogP contribution is -2.54. The maximum absolute atomic E-state index is 12.4.